The van der Waals surface area contributed by atoms with E-state index in [2.05, 4.69) is 21.4 Å². The quantitative estimate of drug-likeness (QED) is 0.656. The summed E-state index contributed by atoms with van der Waals surface area (Å²) in [7, 11) is 0. The Morgan fingerprint density at radius 1 is 1.05 bits per heavy atom. The highest BCUT2D eigenvalue weighted by molar-refractivity contribution is 9.10. The molecule has 2 aromatic carbocycles. The molecule has 0 saturated heterocycles. The van der Waals surface area contributed by atoms with Crippen molar-refractivity contribution in [2.24, 2.45) is 5.84 Å². The predicted molar refractivity (Wildman–Crippen MR) is 74.2 cm³/mol. The van der Waals surface area contributed by atoms with Crippen molar-refractivity contribution in [3.63, 3.8) is 0 Å². The molecular formula is C14H12BrF3N2. The number of benzene rings is 2. The van der Waals surface area contributed by atoms with Crippen LogP contribution in [-0.4, -0.2) is 0 Å². The molecule has 0 bridgehead atoms. The Hall–Kier alpha value is -1.37. The van der Waals surface area contributed by atoms with Crippen molar-refractivity contribution >= 4 is 15.9 Å². The third kappa shape index (κ3) is 3.39. The van der Waals surface area contributed by atoms with Gasteiger partial charge in [0.25, 0.3) is 0 Å². The first-order valence-corrected chi connectivity index (χ1v) is 6.65. The zero-order valence-electron chi connectivity index (χ0n) is 10.3. The molecule has 2 rings (SSSR count). The molecule has 0 radical (unpaired) electrons. The number of hydrazine groups is 1. The molecule has 0 fully saturated rings. The molecule has 0 saturated carbocycles. The summed E-state index contributed by atoms with van der Waals surface area (Å²) < 4.78 is 40.4. The third-order valence-corrected chi connectivity index (χ3v) is 3.66. The van der Waals surface area contributed by atoms with E-state index < -0.39 is 23.5 Å². The van der Waals surface area contributed by atoms with E-state index in [9.17, 15) is 13.2 Å². The van der Waals surface area contributed by atoms with Gasteiger partial charge < -0.3 is 0 Å². The maximum absolute atomic E-state index is 13.6. The Morgan fingerprint density at radius 2 is 1.70 bits per heavy atom. The molecule has 0 aliphatic rings. The van der Waals surface area contributed by atoms with Gasteiger partial charge in [0.2, 0.25) is 0 Å². The van der Waals surface area contributed by atoms with E-state index in [4.69, 9.17) is 5.84 Å². The van der Waals surface area contributed by atoms with Gasteiger partial charge in [0.05, 0.1) is 6.04 Å². The van der Waals surface area contributed by atoms with E-state index in [0.717, 1.165) is 18.2 Å². The number of halogens is 4. The largest absolute Gasteiger partial charge is 0.271 e. The fourth-order valence-corrected chi connectivity index (χ4v) is 2.59. The van der Waals surface area contributed by atoms with Gasteiger partial charge in [0.1, 0.15) is 17.5 Å². The Kier molecular flexibility index (Phi) is 4.80. The second-order valence-electron chi connectivity index (χ2n) is 4.32. The van der Waals surface area contributed by atoms with Crippen molar-refractivity contribution in [1.29, 1.82) is 0 Å². The average molecular weight is 345 g/mol. The summed E-state index contributed by atoms with van der Waals surface area (Å²) in [6.45, 7) is 0. The average Bonchev–Trinajstić information content (AvgIpc) is 2.40. The molecule has 0 heterocycles. The summed E-state index contributed by atoms with van der Waals surface area (Å²) in [6, 6.07) is 6.89. The molecule has 0 aliphatic carbocycles. The smallest absolute Gasteiger partial charge is 0.126 e. The lowest BCUT2D eigenvalue weighted by atomic mass is 9.99. The van der Waals surface area contributed by atoms with Gasteiger partial charge in [0, 0.05) is 4.47 Å². The van der Waals surface area contributed by atoms with Gasteiger partial charge in [-0.05, 0) is 47.9 Å². The highest BCUT2D eigenvalue weighted by atomic mass is 79.9. The second kappa shape index (κ2) is 6.39. The van der Waals surface area contributed by atoms with Crippen molar-refractivity contribution < 1.29 is 13.2 Å². The number of nitrogens with two attached hydrogens (primary N) is 1. The molecule has 0 aromatic heterocycles. The Labute approximate surface area is 122 Å². The van der Waals surface area contributed by atoms with Crippen molar-refractivity contribution in [3.05, 3.63) is 69.4 Å². The van der Waals surface area contributed by atoms with Gasteiger partial charge >= 0.3 is 0 Å². The maximum Gasteiger partial charge on any atom is 0.126 e. The van der Waals surface area contributed by atoms with Gasteiger partial charge in [-0.25, -0.2) is 13.2 Å². The molecular weight excluding hydrogens is 333 g/mol. The van der Waals surface area contributed by atoms with Crippen LogP contribution in [0.4, 0.5) is 13.2 Å². The van der Waals surface area contributed by atoms with E-state index >= 15 is 0 Å². The lowest BCUT2D eigenvalue weighted by Crippen LogP contribution is -2.30. The van der Waals surface area contributed by atoms with Crippen LogP contribution in [-0.2, 0) is 6.42 Å². The third-order valence-electron chi connectivity index (χ3n) is 2.97. The molecule has 0 spiro atoms. The van der Waals surface area contributed by atoms with Crippen LogP contribution in [0.1, 0.15) is 17.2 Å². The molecule has 6 heteroatoms. The Morgan fingerprint density at radius 3 is 2.35 bits per heavy atom. The van der Waals surface area contributed by atoms with Gasteiger partial charge in [-0.2, -0.15) is 0 Å². The molecule has 1 unspecified atom stereocenters. The number of rotatable bonds is 4. The number of hydrogen-bond donors (Lipinski definition) is 2. The zero-order chi connectivity index (χ0) is 14.7. The van der Waals surface area contributed by atoms with E-state index in [1.165, 1.54) is 12.1 Å². The molecule has 2 nitrogen and oxygen atoms in total. The van der Waals surface area contributed by atoms with Crippen LogP contribution in [0.15, 0.2) is 40.9 Å². The summed E-state index contributed by atoms with van der Waals surface area (Å²) in [4.78, 5) is 0. The van der Waals surface area contributed by atoms with Crippen LogP contribution in [0.25, 0.3) is 0 Å². The minimum atomic E-state index is -0.518. The molecule has 2 aromatic rings. The summed E-state index contributed by atoms with van der Waals surface area (Å²) >= 11 is 3.23. The summed E-state index contributed by atoms with van der Waals surface area (Å²) in [5, 5.41) is 0. The van der Waals surface area contributed by atoms with Crippen LogP contribution >= 0.6 is 15.9 Å². The molecule has 0 aliphatic heterocycles. The predicted octanol–water partition coefficient (Wildman–Crippen LogP) is 3.61. The summed E-state index contributed by atoms with van der Waals surface area (Å²) in [5.74, 6) is 4.04. The van der Waals surface area contributed by atoms with Crippen LogP contribution < -0.4 is 11.3 Å². The van der Waals surface area contributed by atoms with Crippen molar-refractivity contribution in [3.8, 4) is 0 Å². The Balaban J connectivity index is 2.31. The minimum absolute atomic E-state index is 0.143. The van der Waals surface area contributed by atoms with Crippen LogP contribution in [0, 0.1) is 17.5 Å². The first kappa shape index (κ1) is 15.0. The van der Waals surface area contributed by atoms with Gasteiger partial charge in [-0.3, -0.25) is 11.3 Å². The molecule has 0 amide bonds. The monoisotopic (exact) mass is 344 g/mol. The van der Waals surface area contributed by atoms with Crippen LogP contribution in [0.2, 0.25) is 0 Å². The summed E-state index contributed by atoms with van der Waals surface area (Å²) in [5.41, 5.74) is 3.39. The van der Waals surface area contributed by atoms with Crippen molar-refractivity contribution in [2.45, 2.75) is 12.5 Å². The molecule has 106 valence electrons. The van der Waals surface area contributed by atoms with Gasteiger partial charge in [-0.15, -0.1) is 0 Å². The van der Waals surface area contributed by atoms with Crippen LogP contribution in [0.5, 0.6) is 0 Å². The van der Waals surface area contributed by atoms with Gasteiger partial charge in [-0.1, -0.05) is 22.0 Å². The van der Waals surface area contributed by atoms with Crippen molar-refractivity contribution in [2.75, 3.05) is 0 Å². The molecule has 3 N–H and O–H groups in total. The number of hydrogen-bond acceptors (Lipinski definition) is 2. The van der Waals surface area contributed by atoms with E-state index in [-0.39, 0.29) is 12.0 Å². The van der Waals surface area contributed by atoms with Crippen molar-refractivity contribution in [1.82, 2.24) is 5.43 Å². The first-order valence-electron chi connectivity index (χ1n) is 5.86. The zero-order valence-corrected chi connectivity index (χ0v) is 11.9. The molecule has 20 heavy (non-hydrogen) atoms. The highest BCUT2D eigenvalue weighted by Gasteiger charge is 2.16. The minimum Gasteiger partial charge on any atom is -0.271 e. The standard InChI is InChI=1S/C14H12BrF3N2/c15-12-7-10(17)1-3-11(12)14(20-19)6-8-5-9(16)2-4-13(8)18/h1-5,7,14,20H,6,19H2. The first-order chi connectivity index (χ1) is 9.51. The fourth-order valence-electron chi connectivity index (χ4n) is 1.96. The topological polar surface area (TPSA) is 38.0 Å². The van der Waals surface area contributed by atoms with Crippen LogP contribution in [0.3, 0.4) is 0 Å². The SMILES string of the molecule is NNC(Cc1cc(F)ccc1F)c1ccc(F)cc1Br. The second-order valence-corrected chi connectivity index (χ2v) is 5.18. The van der Waals surface area contributed by atoms with Gasteiger partial charge in [0.15, 0.2) is 0 Å². The fraction of sp³-hybridized carbons (Fsp3) is 0.143. The highest BCUT2D eigenvalue weighted by Crippen LogP contribution is 2.27. The molecule has 1 atom stereocenters. The van der Waals surface area contributed by atoms with E-state index in [1.54, 1.807) is 6.07 Å². The normalized spacial score (nSPS) is 12.4. The number of nitrogens with one attached hydrogen (secondary N) is 1. The maximum atomic E-state index is 13.6. The van der Waals surface area contributed by atoms with E-state index in [0.29, 0.717) is 10.0 Å². The Bertz CT molecular complexity index is 619. The lowest BCUT2D eigenvalue weighted by Gasteiger charge is -2.18. The van der Waals surface area contributed by atoms with E-state index in [1.807, 2.05) is 0 Å². The lowest BCUT2D eigenvalue weighted by molar-refractivity contribution is 0.520. The summed E-state index contributed by atoms with van der Waals surface area (Å²) in [6.07, 6.45) is 0.143.